The first-order valence-electron chi connectivity index (χ1n) is 11.1. The van der Waals surface area contributed by atoms with Crippen molar-refractivity contribution in [2.75, 3.05) is 11.3 Å². The van der Waals surface area contributed by atoms with E-state index in [1.807, 2.05) is 69.3 Å². The fourth-order valence-corrected chi connectivity index (χ4v) is 4.55. The zero-order valence-electron chi connectivity index (χ0n) is 19.7. The van der Waals surface area contributed by atoms with Crippen LogP contribution in [0.15, 0.2) is 108 Å². The van der Waals surface area contributed by atoms with Crippen molar-refractivity contribution in [2.45, 2.75) is 32.2 Å². The molecule has 1 amide bonds. The van der Waals surface area contributed by atoms with Gasteiger partial charge in [-0.3, -0.25) is 9.52 Å². The molecule has 0 aliphatic heterocycles. The van der Waals surface area contributed by atoms with Crippen LogP contribution >= 0.6 is 0 Å². The second-order valence-electron chi connectivity index (χ2n) is 8.15. The van der Waals surface area contributed by atoms with Gasteiger partial charge in [-0.15, -0.1) is 0 Å². The number of sulfonamides is 1. The summed E-state index contributed by atoms with van der Waals surface area (Å²) in [5.41, 5.74) is 3.52. The van der Waals surface area contributed by atoms with Crippen LogP contribution < -0.4 is 4.72 Å². The second-order valence-corrected chi connectivity index (χ2v) is 9.83. The minimum Gasteiger partial charge on any atom is -0.330 e. The molecule has 6 heteroatoms. The van der Waals surface area contributed by atoms with Crippen molar-refractivity contribution >= 4 is 21.6 Å². The van der Waals surface area contributed by atoms with E-state index in [1.165, 1.54) is 0 Å². The Hall–Kier alpha value is -3.64. The van der Waals surface area contributed by atoms with Gasteiger partial charge in [-0.05, 0) is 50.6 Å². The summed E-state index contributed by atoms with van der Waals surface area (Å²) in [6.45, 7) is 6.62. The molecule has 0 saturated carbocycles. The number of nitrogens with one attached hydrogen (secondary N) is 1. The highest BCUT2D eigenvalue weighted by atomic mass is 32.2. The van der Waals surface area contributed by atoms with Gasteiger partial charge in [-0.2, -0.15) is 0 Å². The molecule has 5 nitrogen and oxygen atoms in total. The Morgan fingerprint density at radius 1 is 0.941 bits per heavy atom. The first-order valence-corrected chi connectivity index (χ1v) is 12.6. The minimum absolute atomic E-state index is 0.145. The van der Waals surface area contributed by atoms with Gasteiger partial charge in [0.25, 0.3) is 15.9 Å². The Kier molecular flexibility index (Phi) is 8.44. The molecule has 0 aromatic heterocycles. The van der Waals surface area contributed by atoms with E-state index in [0.29, 0.717) is 18.7 Å². The van der Waals surface area contributed by atoms with E-state index in [0.717, 1.165) is 16.7 Å². The number of allylic oxidation sites excluding steroid dienone is 3. The van der Waals surface area contributed by atoms with Crippen LogP contribution in [0.4, 0.5) is 5.69 Å². The Morgan fingerprint density at radius 3 is 2.26 bits per heavy atom. The summed E-state index contributed by atoms with van der Waals surface area (Å²) < 4.78 is 28.6. The third kappa shape index (κ3) is 6.68. The molecule has 0 saturated heterocycles. The number of rotatable bonds is 9. The minimum atomic E-state index is -3.85. The maximum absolute atomic E-state index is 13.7. The number of para-hydroxylation sites is 1. The number of aryl methyl sites for hydroxylation is 1. The maximum atomic E-state index is 13.7. The third-order valence-electron chi connectivity index (χ3n) is 5.25. The number of hydrogen-bond donors (Lipinski definition) is 1. The van der Waals surface area contributed by atoms with Crippen LogP contribution in [-0.2, 0) is 16.6 Å². The molecular formula is C28H30N2O3S. The van der Waals surface area contributed by atoms with Gasteiger partial charge in [0, 0.05) is 13.1 Å². The highest BCUT2D eigenvalue weighted by Gasteiger charge is 2.22. The van der Waals surface area contributed by atoms with Crippen LogP contribution in [0.3, 0.4) is 0 Å². The molecule has 0 unspecified atom stereocenters. The Labute approximate surface area is 202 Å². The largest absolute Gasteiger partial charge is 0.330 e. The molecule has 0 aliphatic carbocycles. The lowest BCUT2D eigenvalue weighted by molar-refractivity contribution is 0.0759. The lowest BCUT2D eigenvalue weighted by Crippen LogP contribution is -2.33. The van der Waals surface area contributed by atoms with E-state index in [2.05, 4.69) is 4.72 Å². The molecule has 0 bridgehead atoms. The number of nitrogens with zero attached hydrogens (tertiary/aromatic N) is 1. The molecular weight excluding hydrogens is 444 g/mol. The molecule has 3 aromatic carbocycles. The van der Waals surface area contributed by atoms with Gasteiger partial charge < -0.3 is 4.90 Å². The van der Waals surface area contributed by atoms with E-state index >= 15 is 0 Å². The predicted octanol–water partition coefficient (Wildman–Crippen LogP) is 5.96. The molecule has 3 rings (SSSR count). The quantitative estimate of drug-likeness (QED) is 0.389. The summed E-state index contributed by atoms with van der Waals surface area (Å²) in [7, 11) is -3.85. The topological polar surface area (TPSA) is 66.5 Å². The zero-order chi connectivity index (χ0) is 24.6. The Morgan fingerprint density at radius 2 is 1.59 bits per heavy atom. The summed E-state index contributed by atoms with van der Waals surface area (Å²) in [4.78, 5) is 15.6. The highest BCUT2D eigenvalue weighted by Crippen LogP contribution is 2.23. The van der Waals surface area contributed by atoms with Crippen LogP contribution in [0.5, 0.6) is 0 Å². The number of carbonyl (C=O) groups is 1. The monoisotopic (exact) mass is 474 g/mol. The fourth-order valence-electron chi connectivity index (χ4n) is 3.47. The van der Waals surface area contributed by atoms with E-state index in [4.69, 9.17) is 0 Å². The Balaban J connectivity index is 1.94. The molecule has 34 heavy (non-hydrogen) atoms. The van der Waals surface area contributed by atoms with Crippen molar-refractivity contribution in [2.24, 2.45) is 0 Å². The molecule has 0 aliphatic rings. The van der Waals surface area contributed by atoms with E-state index in [-0.39, 0.29) is 16.5 Å². The molecule has 176 valence electrons. The first-order chi connectivity index (χ1) is 16.3. The number of amides is 1. The molecule has 0 heterocycles. The second kappa shape index (κ2) is 11.5. The normalized spacial score (nSPS) is 12.0. The van der Waals surface area contributed by atoms with Gasteiger partial charge in [0.2, 0.25) is 0 Å². The first kappa shape index (κ1) is 25.0. The number of anilines is 1. The predicted molar refractivity (Wildman–Crippen MR) is 138 cm³/mol. The third-order valence-corrected chi connectivity index (χ3v) is 6.63. The van der Waals surface area contributed by atoms with Gasteiger partial charge in [0.1, 0.15) is 0 Å². The smallest absolute Gasteiger partial charge is 0.261 e. The number of carbonyl (C=O) groups excluding carboxylic acids is 1. The van der Waals surface area contributed by atoms with Gasteiger partial charge in [0.05, 0.1) is 16.1 Å². The average molecular weight is 475 g/mol. The van der Waals surface area contributed by atoms with Gasteiger partial charge in [0.15, 0.2) is 0 Å². The lowest BCUT2D eigenvalue weighted by Gasteiger charge is -2.25. The summed E-state index contributed by atoms with van der Waals surface area (Å²) in [6.07, 6.45) is 5.84. The molecule has 0 radical (unpaired) electrons. The van der Waals surface area contributed by atoms with Crippen LogP contribution in [0, 0.1) is 6.92 Å². The maximum Gasteiger partial charge on any atom is 0.261 e. The molecule has 1 N–H and O–H groups in total. The number of benzene rings is 3. The lowest BCUT2D eigenvalue weighted by atomic mass is 10.1. The van der Waals surface area contributed by atoms with Crippen molar-refractivity contribution < 1.29 is 13.2 Å². The van der Waals surface area contributed by atoms with Crippen LogP contribution in [0.2, 0.25) is 0 Å². The van der Waals surface area contributed by atoms with Crippen LogP contribution in [0.25, 0.3) is 0 Å². The molecule has 3 aromatic rings. The number of hydrogen-bond acceptors (Lipinski definition) is 3. The summed E-state index contributed by atoms with van der Waals surface area (Å²) in [6, 6.07) is 23.0. The summed E-state index contributed by atoms with van der Waals surface area (Å²) in [5, 5.41) is 0. The summed E-state index contributed by atoms with van der Waals surface area (Å²) in [5.74, 6) is -0.251. The SMILES string of the molecule is C/C=C\C=C(/C)CN(Cc1ccccc1)C(=O)c1ccccc1NS(=O)(=O)c1ccc(C)cc1. The zero-order valence-corrected chi connectivity index (χ0v) is 20.5. The Bertz CT molecular complexity index is 1280. The summed E-state index contributed by atoms with van der Waals surface area (Å²) >= 11 is 0. The molecule has 0 atom stereocenters. The highest BCUT2D eigenvalue weighted by molar-refractivity contribution is 7.92. The van der Waals surface area contributed by atoms with Gasteiger partial charge in [-0.1, -0.05) is 84.0 Å². The van der Waals surface area contributed by atoms with Crippen molar-refractivity contribution in [1.29, 1.82) is 0 Å². The van der Waals surface area contributed by atoms with Crippen LogP contribution in [0.1, 0.15) is 35.3 Å². The van der Waals surface area contributed by atoms with E-state index < -0.39 is 10.0 Å². The fraction of sp³-hybridized carbons (Fsp3) is 0.179. The van der Waals surface area contributed by atoms with Crippen molar-refractivity contribution in [3.05, 3.63) is 119 Å². The van der Waals surface area contributed by atoms with E-state index in [1.54, 1.807) is 53.4 Å². The average Bonchev–Trinajstić information content (AvgIpc) is 2.83. The van der Waals surface area contributed by atoms with Gasteiger partial charge >= 0.3 is 0 Å². The van der Waals surface area contributed by atoms with Crippen LogP contribution in [-0.4, -0.2) is 25.8 Å². The van der Waals surface area contributed by atoms with E-state index in [9.17, 15) is 13.2 Å². The van der Waals surface area contributed by atoms with Gasteiger partial charge in [-0.25, -0.2) is 8.42 Å². The standard InChI is InChI=1S/C28H30N2O3S/c1-4-5-11-23(3)20-30(21-24-12-7-6-8-13-24)28(31)26-14-9-10-15-27(26)29-34(32,33)25-18-16-22(2)17-19-25/h4-19,29H,20-21H2,1-3H3/b5-4-,23-11+. The van der Waals surface area contributed by atoms with Crippen molar-refractivity contribution in [1.82, 2.24) is 4.90 Å². The molecule has 0 spiro atoms. The van der Waals surface area contributed by atoms with Crippen molar-refractivity contribution in [3.8, 4) is 0 Å². The molecule has 0 fully saturated rings. The van der Waals surface area contributed by atoms with Crippen molar-refractivity contribution in [3.63, 3.8) is 0 Å².